The summed E-state index contributed by atoms with van der Waals surface area (Å²) < 4.78 is 29.3. The number of benzene rings is 2. The second-order valence-corrected chi connectivity index (χ2v) is 5.42. The van der Waals surface area contributed by atoms with E-state index in [0.29, 0.717) is 12.0 Å². The van der Waals surface area contributed by atoms with Gasteiger partial charge in [0.1, 0.15) is 5.75 Å². The molecule has 0 heterocycles. The van der Waals surface area contributed by atoms with Crippen molar-refractivity contribution in [3.63, 3.8) is 0 Å². The molecule has 0 spiro atoms. The van der Waals surface area contributed by atoms with Crippen molar-refractivity contribution in [2.75, 3.05) is 11.9 Å². The normalized spacial score (nSPS) is 11.9. The second-order valence-electron chi connectivity index (χ2n) is 5.42. The highest BCUT2D eigenvalue weighted by molar-refractivity contribution is 5.91. The summed E-state index contributed by atoms with van der Waals surface area (Å²) in [5.41, 5.74) is 1.54. The number of aliphatic hydroxyl groups excluding tert-OH is 1. The molecule has 134 valence electrons. The molecule has 7 heteroatoms. The van der Waals surface area contributed by atoms with Gasteiger partial charge in [0.25, 0.3) is 0 Å². The number of para-hydroxylation sites is 1. The standard InChI is InChI=1S/C18H20F2N2O3/c1-12-6-5-9-15(25-17(19)20)16(12)22-18(24)21-11-10-14(23)13-7-3-2-4-8-13/h2-9,14,17,23H,10-11H2,1H3,(H2,21,22,24)/t14-/m1/s1. The van der Waals surface area contributed by atoms with Crippen molar-refractivity contribution in [3.8, 4) is 5.75 Å². The highest BCUT2D eigenvalue weighted by atomic mass is 19.3. The number of aliphatic hydroxyl groups is 1. The topological polar surface area (TPSA) is 70.6 Å². The van der Waals surface area contributed by atoms with Crippen LogP contribution < -0.4 is 15.4 Å². The number of hydrogen-bond acceptors (Lipinski definition) is 3. The van der Waals surface area contributed by atoms with E-state index in [-0.39, 0.29) is 18.0 Å². The van der Waals surface area contributed by atoms with Crippen molar-refractivity contribution >= 4 is 11.7 Å². The number of aryl methyl sites for hydroxylation is 1. The van der Waals surface area contributed by atoms with Crippen LogP contribution in [0.2, 0.25) is 0 Å². The van der Waals surface area contributed by atoms with Crippen LogP contribution in [0.4, 0.5) is 19.3 Å². The Kier molecular flexibility index (Phi) is 6.71. The lowest BCUT2D eigenvalue weighted by Gasteiger charge is -2.15. The molecule has 2 amide bonds. The smallest absolute Gasteiger partial charge is 0.387 e. The van der Waals surface area contributed by atoms with E-state index in [9.17, 15) is 18.7 Å². The van der Waals surface area contributed by atoms with Crippen LogP contribution in [0.3, 0.4) is 0 Å². The molecule has 0 bridgehead atoms. The fourth-order valence-corrected chi connectivity index (χ4v) is 2.32. The van der Waals surface area contributed by atoms with Crippen molar-refractivity contribution in [1.82, 2.24) is 5.32 Å². The van der Waals surface area contributed by atoms with Crippen molar-refractivity contribution in [1.29, 1.82) is 0 Å². The molecule has 0 radical (unpaired) electrons. The minimum absolute atomic E-state index is 0.102. The van der Waals surface area contributed by atoms with E-state index in [1.165, 1.54) is 6.07 Å². The molecule has 2 rings (SSSR count). The Morgan fingerprint density at radius 3 is 2.56 bits per heavy atom. The Balaban J connectivity index is 1.88. The van der Waals surface area contributed by atoms with Gasteiger partial charge in [-0.25, -0.2) is 4.79 Å². The summed E-state index contributed by atoms with van der Waals surface area (Å²) in [5.74, 6) is -0.102. The molecular weight excluding hydrogens is 330 g/mol. The van der Waals surface area contributed by atoms with Gasteiger partial charge in [0, 0.05) is 6.54 Å². The molecule has 0 fully saturated rings. The van der Waals surface area contributed by atoms with Gasteiger partial charge in [0.05, 0.1) is 11.8 Å². The van der Waals surface area contributed by atoms with Crippen molar-refractivity contribution in [2.24, 2.45) is 0 Å². The first-order chi connectivity index (χ1) is 12.0. The SMILES string of the molecule is Cc1cccc(OC(F)F)c1NC(=O)NCC[C@@H](O)c1ccccc1. The fraction of sp³-hybridized carbons (Fsp3) is 0.278. The van der Waals surface area contributed by atoms with Crippen molar-refractivity contribution in [3.05, 3.63) is 59.7 Å². The summed E-state index contributed by atoms with van der Waals surface area (Å²) in [7, 11) is 0. The number of carbonyl (C=O) groups excluding carboxylic acids is 1. The van der Waals surface area contributed by atoms with Crippen LogP contribution in [0, 0.1) is 6.92 Å². The van der Waals surface area contributed by atoms with Crippen LogP contribution in [0.25, 0.3) is 0 Å². The predicted molar refractivity (Wildman–Crippen MR) is 90.9 cm³/mol. The van der Waals surface area contributed by atoms with Gasteiger partial charge in [0.15, 0.2) is 0 Å². The number of hydrogen-bond donors (Lipinski definition) is 3. The number of halogens is 2. The Morgan fingerprint density at radius 1 is 1.16 bits per heavy atom. The number of alkyl halides is 2. The maximum Gasteiger partial charge on any atom is 0.387 e. The summed E-state index contributed by atoms with van der Waals surface area (Å²) in [6.45, 7) is -1.09. The third kappa shape index (κ3) is 5.72. The molecule has 0 saturated heterocycles. The Bertz CT molecular complexity index is 696. The molecular formula is C18H20F2N2O3. The van der Waals surface area contributed by atoms with E-state index < -0.39 is 18.7 Å². The van der Waals surface area contributed by atoms with Gasteiger partial charge in [0.2, 0.25) is 0 Å². The van der Waals surface area contributed by atoms with Gasteiger partial charge in [-0.2, -0.15) is 8.78 Å². The van der Waals surface area contributed by atoms with E-state index in [1.807, 2.05) is 18.2 Å². The summed E-state index contributed by atoms with van der Waals surface area (Å²) in [6.07, 6.45) is -0.372. The number of nitrogens with one attached hydrogen (secondary N) is 2. The molecule has 3 N–H and O–H groups in total. The van der Waals surface area contributed by atoms with Crippen molar-refractivity contribution < 1.29 is 23.4 Å². The first-order valence-electron chi connectivity index (χ1n) is 7.79. The van der Waals surface area contributed by atoms with Crippen LogP contribution in [-0.4, -0.2) is 24.3 Å². The van der Waals surface area contributed by atoms with Gasteiger partial charge in [-0.05, 0) is 30.5 Å². The van der Waals surface area contributed by atoms with Gasteiger partial charge < -0.3 is 20.5 Å². The molecule has 5 nitrogen and oxygen atoms in total. The molecule has 0 aliphatic carbocycles. The van der Waals surface area contributed by atoms with E-state index in [2.05, 4.69) is 15.4 Å². The van der Waals surface area contributed by atoms with Crippen LogP contribution in [0.15, 0.2) is 48.5 Å². The quantitative estimate of drug-likeness (QED) is 0.710. The number of rotatable bonds is 7. The minimum atomic E-state index is -2.98. The number of carbonyl (C=O) groups is 1. The molecule has 0 unspecified atom stereocenters. The molecule has 2 aromatic carbocycles. The van der Waals surface area contributed by atoms with Gasteiger partial charge in [-0.3, -0.25) is 0 Å². The molecule has 0 aliphatic rings. The maximum absolute atomic E-state index is 12.4. The number of amides is 2. The van der Waals surface area contributed by atoms with Crippen LogP contribution >= 0.6 is 0 Å². The number of ether oxygens (including phenoxy) is 1. The van der Waals surface area contributed by atoms with Crippen molar-refractivity contribution in [2.45, 2.75) is 26.1 Å². The van der Waals surface area contributed by atoms with Gasteiger partial charge in [-0.1, -0.05) is 42.5 Å². The Labute approximate surface area is 144 Å². The first kappa shape index (κ1) is 18.7. The number of urea groups is 1. The largest absolute Gasteiger partial charge is 0.433 e. The lowest BCUT2D eigenvalue weighted by atomic mass is 10.1. The van der Waals surface area contributed by atoms with E-state index >= 15 is 0 Å². The lowest BCUT2D eigenvalue weighted by molar-refractivity contribution is -0.0493. The molecule has 1 atom stereocenters. The van der Waals surface area contributed by atoms with Crippen LogP contribution in [0.1, 0.15) is 23.7 Å². The van der Waals surface area contributed by atoms with Crippen LogP contribution in [0.5, 0.6) is 5.75 Å². The zero-order valence-corrected chi connectivity index (χ0v) is 13.7. The highest BCUT2D eigenvalue weighted by Crippen LogP contribution is 2.29. The van der Waals surface area contributed by atoms with Gasteiger partial charge in [-0.15, -0.1) is 0 Å². The fourth-order valence-electron chi connectivity index (χ4n) is 2.32. The lowest BCUT2D eigenvalue weighted by Crippen LogP contribution is -2.30. The maximum atomic E-state index is 12.4. The third-order valence-corrected chi connectivity index (χ3v) is 3.58. The van der Waals surface area contributed by atoms with E-state index in [4.69, 9.17) is 0 Å². The number of anilines is 1. The second kappa shape index (κ2) is 8.98. The minimum Gasteiger partial charge on any atom is -0.433 e. The first-order valence-corrected chi connectivity index (χ1v) is 7.79. The molecule has 2 aromatic rings. The molecule has 0 saturated carbocycles. The molecule has 0 aliphatic heterocycles. The highest BCUT2D eigenvalue weighted by Gasteiger charge is 2.14. The van der Waals surface area contributed by atoms with E-state index in [0.717, 1.165) is 5.56 Å². The predicted octanol–water partition coefficient (Wildman–Crippen LogP) is 3.84. The summed E-state index contributed by atoms with van der Waals surface area (Å²) >= 11 is 0. The third-order valence-electron chi connectivity index (χ3n) is 3.58. The summed E-state index contributed by atoms with van der Waals surface area (Å²) in [6, 6.07) is 13.1. The van der Waals surface area contributed by atoms with Gasteiger partial charge >= 0.3 is 12.6 Å². The molecule has 25 heavy (non-hydrogen) atoms. The molecule has 0 aromatic heterocycles. The average Bonchev–Trinajstić information content (AvgIpc) is 2.58. The van der Waals surface area contributed by atoms with Crippen LogP contribution in [-0.2, 0) is 0 Å². The summed E-state index contributed by atoms with van der Waals surface area (Å²) in [4.78, 5) is 12.0. The zero-order chi connectivity index (χ0) is 18.2. The monoisotopic (exact) mass is 350 g/mol. The average molecular weight is 350 g/mol. The summed E-state index contributed by atoms with van der Waals surface area (Å²) in [5, 5.41) is 15.1. The zero-order valence-electron chi connectivity index (χ0n) is 13.7. The Morgan fingerprint density at radius 2 is 1.88 bits per heavy atom. The Hall–Kier alpha value is -2.67. The van der Waals surface area contributed by atoms with E-state index in [1.54, 1.807) is 31.2 Å².